The van der Waals surface area contributed by atoms with Crippen LogP contribution in [0.25, 0.3) is 0 Å². The van der Waals surface area contributed by atoms with Gasteiger partial charge in [0, 0.05) is 18.9 Å². The Morgan fingerprint density at radius 3 is 2.72 bits per heavy atom. The molecule has 1 N–H and O–H groups in total. The van der Waals surface area contributed by atoms with E-state index >= 15 is 0 Å². The van der Waals surface area contributed by atoms with Crippen LogP contribution < -0.4 is 0 Å². The van der Waals surface area contributed by atoms with Gasteiger partial charge >= 0.3 is 17.9 Å². The number of aliphatic hydroxyl groups is 1. The summed E-state index contributed by atoms with van der Waals surface area (Å²) in [5.41, 5.74) is 2.34. The molecular weight excluding hydrogens is 376 g/mol. The van der Waals surface area contributed by atoms with Crippen molar-refractivity contribution in [2.75, 3.05) is 13.2 Å². The highest BCUT2D eigenvalue weighted by Gasteiger charge is 2.44. The van der Waals surface area contributed by atoms with E-state index in [9.17, 15) is 19.5 Å². The summed E-state index contributed by atoms with van der Waals surface area (Å²) in [5.74, 6) is -2.25. The molecule has 158 valence electrons. The first-order valence-corrected chi connectivity index (χ1v) is 9.59. The van der Waals surface area contributed by atoms with E-state index in [-0.39, 0.29) is 17.8 Å². The third-order valence-electron chi connectivity index (χ3n) is 4.97. The molecule has 0 aromatic rings. The standard InChI is InChI=1S/C22H28O7/c1-13-6-5-7-14(2)11-19(20-15(3)21(25)28-18(20)10-13)29-22(26)17(12-23)8-9-27-16(4)24/h7-8,10,18-20,23H,3,5-6,9,11-12H2,1-2,4H3/b13-10+,14-7+,17-8+. The van der Waals surface area contributed by atoms with Crippen LogP contribution in [-0.2, 0) is 28.6 Å². The van der Waals surface area contributed by atoms with Crippen LogP contribution in [0.2, 0.25) is 0 Å². The first-order valence-electron chi connectivity index (χ1n) is 9.59. The minimum absolute atomic E-state index is 0.0240. The summed E-state index contributed by atoms with van der Waals surface area (Å²) < 4.78 is 15.9. The largest absolute Gasteiger partial charge is 0.462 e. The molecule has 7 nitrogen and oxygen atoms in total. The van der Waals surface area contributed by atoms with Crippen molar-refractivity contribution in [1.82, 2.24) is 0 Å². The van der Waals surface area contributed by atoms with Crippen molar-refractivity contribution in [2.45, 2.75) is 52.2 Å². The number of fused-ring (bicyclic) bond motifs is 1. The van der Waals surface area contributed by atoms with Gasteiger partial charge in [0.2, 0.25) is 0 Å². The van der Waals surface area contributed by atoms with Gasteiger partial charge in [-0.3, -0.25) is 4.79 Å². The number of carbonyl (C=O) groups excluding carboxylic acids is 3. The molecular formula is C22H28O7. The van der Waals surface area contributed by atoms with Gasteiger partial charge in [-0.1, -0.05) is 23.8 Å². The van der Waals surface area contributed by atoms with Gasteiger partial charge in [-0.25, -0.2) is 9.59 Å². The van der Waals surface area contributed by atoms with E-state index in [4.69, 9.17) is 14.2 Å². The molecule has 0 amide bonds. The maximum Gasteiger partial charge on any atom is 0.336 e. The lowest BCUT2D eigenvalue weighted by Gasteiger charge is -2.27. The highest BCUT2D eigenvalue weighted by Crippen LogP contribution is 2.36. The van der Waals surface area contributed by atoms with Gasteiger partial charge in [-0.2, -0.15) is 0 Å². The summed E-state index contributed by atoms with van der Waals surface area (Å²) in [6, 6.07) is 0. The minimum Gasteiger partial charge on any atom is -0.462 e. The Bertz CT molecular complexity index is 772. The van der Waals surface area contributed by atoms with Crippen LogP contribution in [0.3, 0.4) is 0 Å². The van der Waals surface area contributed by atoms with E-state index in [0.29, 0.717) is 6.42 Å². The summed E-state index contributed by atoms with van der Waals surface area (Å²) in [6.45, 7) is 8.31. The number of hydrogen-bond donors (Lipinski definition) is 1. The maximum atomic E-state index is 12.6. The zero-order chi connectivity index (χ0) is 21.6. The van der Waals surface area contributed by atoms with E-state index in [2.05, 4.69) is 12.7 Å². The van der Waals surface area contributed by atoms with Gasteiger partial charge in [0.25, 0.3) is 0 Å². The smallest absolute Gasteiger partial charge is 0.336 e. The average molecular weight is 404 g/mol. The van der Waals surface area contributed by atoms with E-state index < -0.39 is 42.6 Å². The molecule has 0 saturated carbocycles. The molecule has 1 saturated heterocycles. The monoisotopic (exact) mass is 404 g/mol. The molecule has 2 aliphatic rings. The Kier molecular flexibility index (Phi) is 7.96. The van der Waals surface area contributed by atoms with Crippen LogP contribution >= 0.6 is 0 Å². The minimum atomic E-state index is -0.735. The summed E-state index contributed by atoms with van der Waals surface area (Å²) >= 11 is 0. The van der Waals surface area contributed by atoms with Crippen molar-refractivity contribution < 1.29 is 33.7 Å². The summed E-state index contributed by atoms with van der Waals surface area (Å²) in [7, 11) is 0. The SMILES string of the molecule is C=C1C(=O)OC2/C=C(\C)CC/C=C(\C)CC(OC(=O)/C(=C/COC(C)=O)CO)C12. The van der Waals surface area contributed by atoms with E-state index in [1.54, 1.807) is 0 Å². The van der Waals surface area contributed by atoms with Crippen LogP contribution in [0, 0.1) is 5.92 Å². The fraction of sp³-hybridized carbons (Fsp3) is 0.500. The molecule has 7 heteroatoms. The molecule has 2 rings (SSSR count). The molecule has 1 fully saturated rings. The Hall–Kier alpha value is -2.67. The lowest BCUT2D eigenvalue weighted by atomic mass is 9.85. The molecule has 0 spiro atoms. The molecule has 3 unspecified atom stereocenters. The number of allylic oxidation sites excluding steroid dienone is 2. The molecule has 0 radical (unpaired) electrons. The van der Waals surface area contributed by atoms with Gasteiger partial charge in [-0.15, -0.1) is 0 Å². The zero-order valence-corrected chi connectivity index (χ0v) is 17.1. The second kappa shape index (κ2) is 10.2. The molecule has 0 aromatic carbocycles. The Morgan fingerprint density at radius 2 is 2.07 bits per heavy atom. The molecule has 1 aliphatic heterocycles. The molecule has 0 bridgehead atoms. The summed E-state index contributed by atoms with van der Waals surface area (Å²) in [5, 5.41) is 9.52. The highest BCUT2D eigenvalue weighted by molar-refractivity contribution is 5.92. The van der Waals surface area contributed by atoms with Crippen molar-refractivity contribution in [3.05, 3.63) is 47.1 Å². The summed E-state index contributed by atoms with van der Waals surface area (Å²) in [4.78, 5) is 35.7. The quantitative estimate of drug-likeness (QED) is 0.325. The number of aliphatic hydroxyl groups excluding tert-OH is 1. The molecule has 3 atom stereocenters. The van der Waals surface area contributed by atoms with Crippen molar-refractivity contribution in [3.8, 4) is 0 Å². The Labute approximate surface area is 170 Å². The van der Waals surface area contributed by atoms with E-state index in [1.165, 1.54) is 13.0 Å². The third-order valence-corrected chi connectivity index (χ3v) is 4.97. The molecule has 1 heterocycles. The van der Waals surface area contributed by atoms with Crippen molar-refractivity contribution in [2.24, 2.45) is 5.92 Å². The van der Waals surface area contributed by atoms with Crippen molar-refractivity contribution >= 4 is 17.9 Å². The number of hydrogen-bond acceptors (Lipinski definition) is 7. The molecule has 0 aromatic heterocycles. The third kappa shape index (κ3) is 6.15. The molecule has 1 aliphatic carbocycles. The normalized spacial score (nSPS) is 29.0. The predicted octanol–water partition coefficient (Wildman–Crippen LogP) is 2.55. The average Bonchev–Trinajstić information content (AvgIpc) is 2.91. The maximum absolute atomic E-state index is 12.6. The molecule has 29 heavy (non-hydrogen) atoms. The second-order valence-corrected chi connectivity index (χ2v) is 7.36. The number of esters is 3. The second-order valence-electron chi connectivity index (χ2n) is 7.36. The lowest BCUT2D eigenvalue weighted by molar-refractivity contribution is -0.148. The number of ether oxygens (including phenoxy) is 3. The number of rotatable bonds is 5. The van der Waals surface area contributed by atoms with Crippen molar-refractivity contribution in [1.29, 1.82) is 0 Å². The van der Waals surface area contributed by atoms with Crippen LogP contribution in [0.5, 0.6) is 0 Å². The predicted molar refractivity (Wildman–Crippen MR) is 106 cm³/mol. The first-order chi connectivity index (χ1) is 13.7. The van der Waals surface area contributed by atoms with Gasteiger partial charge in [0.05, 0.1) is 18.1 Å². The first kappa shape index (κ1) is 22.6. The van der Waals surface area contributed by atoms with Crippen LogP contribution in [0.1, 0.15) is 40.0 Å². The lowest BCUT2D eigenvalue weighted by Crippen LogP contribution is -2.34. The van der Waals surface area contributed by atoms with Gasteiger partial charge in [-0.05, 0) is 38.8 Å². The van der Waals surface area contributed by atoms with Crippen molar-refractivity contribution in [3.63, 3.8) is 0 Å². The van der Waals surface area contributed by atoms with Gasteiger partial charge in [0.15, 0.2) is 0 Å². The topological polar surface area (TPSA) is 99.1 Å². The fourth-order valence-corrected chi connectivity index (χ4v) is 3.42. The van der Waals surface area contributed by atoms with E-state index in [0.717, 1.165) is 24.0 Å². The zero-order valence-electron chi connectivity index (χ0n) is 17.1. The van der Waals surface area contributed by atoms with Crippen LogP contribution in [-0.4, -0.2) is 48.4 Å². The number of carbonyl (C=O) groups is 3. The van der Waals surface area contributed by atoms with Crippen LogP contribution in [0.15, 0.2) is 47.1 Å². The van der Waals surface area contributed by atoms with Gasteiger partial charge in [0.1, 0.15) is 18.8 Å². The van der Waals surface area contributed by atoms with Gasteiger partial charge < -0.3 is 19.3 Å². The van der Waals surface area contributed by atoms with E-state index in [1.807, 2.05) is 19.9 Å². The fourth-order valence-electron chi connectivity index (χ4n) is 3.42. The summed E-state index contributed by atoms with van der Waals surface area (Å²) in [6.07, 6.45) is 6.14. The Morgan fingerprint density at radius 1 is 1.34 bits per heavy atom. The highest BCUT2D eigenvalue weighted by atomic mass is 16.6. The van der Waals surface area contributed by atoms with Crippen LogP contribution in [0.4, 0.5) is 0 Å². The Balaban J connectivity index is 2.29.